The van der Waals surface area contributed by atoms with E-state index in [9.17, 15) is 0 Å². The van der Waals surface area contributed by atoms with Crippen LogP contribution < -0.4 is 17.2 Å². The Kier molecular flexibility index (Phi) is 2.76. The van der Waals surface area contributed by atoms with Crippen molar-refractivity contribution >= 4 is 22.7 Å². The van der Waals surface area contributed by atoms with E-state index in [0.717, 1.165) is 16.9 Å². The topological polar surface area (TPSA) is 78.1 Å². The molecule has 2 aromatic rings. The van der Waals surface area contributed by atoms with Crippen molar-refractivity contribution < 1.29 is 0 Å². The van der Waals surface area contributed by atoms with Gasteiger partial charge in [0.25, 0.3) is 0 Å². The SMILES string of the molecule is NCc1scc(C2CC2)c1-c1cc(N)ccc1N. The highest BCUT2D eigenvalue weighted by molar-refractivity contribution is 7.10. The van der Waals surface area contributed by atoms with Gasteiger partial charge in [-0.2, -0.15) is 0 Å². The molecule has 94 valence electrons. The molecule has 0 radical (unpaired) electrons. The second-order valence-corrected chi connectivity index (χ2v) is 5.78. The molecule has 1 aliphatic rings. The minimum Gasteiger partial charge on any atom is -0.399 e. The van der Waals surface area contributed by atoms with Gasteiger partial charge in [-0.15, -0.1) is 11.3 Å². The maximum absolute atomic E-state index is 6.10. The molecule has 0 saturated heterocycles. The third-order valence-corrected chi connectivity index (χ3v) is 4.47. The van der Waals surface area contributed by atoms with Gasteiger partial charge in [-0.25, -0.2) is 0 Å². The van der Waals surface area contributed by atoms with Crippen molar-refractivity contribution in [3.8, 4) is 11.1 Å². The maximum atomic E-state index is 6.10. The minimum atomic E-state index is 0.557. The lowest BCUT2D eigenvalue weighted by Crippen LogP contribution is -1.99. The highest BCUT2D eigenvalue weighted by atomic mass is 32.1. The van der Waals surface area contributed by atoms with Crippen LogP contribution >= 0.6 is 11.3 Å². The number of hydrogen-bond acceptors (Lipinski definition) is 4. The standard InChI is InChI=1S/C14H17N3S/c15-6-13-14(11(7-18-13)8-1-2-8)10-5-9(16)3-4-12(10)17/h3-5,7-8H,1-2,6,15-17H2. The predicted octanol–water partition coefficient (Wildman–Crippen LogP) is 2.92. The molecule has 1 fully saturated rings. The number of thiophene rings is 1. The molecule has 6 N–H and O–H groups in total. The van der Waals surface area contributed by atoms with Crippen molar-refractivity contribution in [1.29, 1.82) is 0 Å². The van der Waals surface area contributed by atoms with Crippen LogP contribution in [0.2, 0.25) is 0 Å². The summed E-state index contributed by atoms with van der Waals surface area (Å²) >= 11 is 1.73. The summed E-state index contributed by atoms with van der Waals surface area (Å²) in [5.74, 6) is 0.692. The van der Waals surface area contributed by atoms with Crippen LogP contribution in [0.15, 0.2) is 23.6 Å². The van der Waals surface area contributed by atoms with Crippen LogP contribution in [-0.2, 0) is 6.54 Å². The Morgan fingerprint density at radius 2 is 2.00 bits per heavy atom. The molecule has 1 saturated carbocycles. The quantitative estimate of drug-likeness (QED) is 0.742. The Labute approximate surface area is 111 Å². The molecule has 18 heavy (non-hydrogen) atoms. The van der Waals surface area contributed by atoms with Crippen LogP contribution in [0.1, 0.15) is 29.2 Å². The van der Waals surface area contributed by atoms with Gasteiger partial charge in [0.15, 0.2) is 0 Å². The lowest BCUT2D eigenvalue weighted by molar-refractivity contribution is 1.09. The Hall–Kier alpha value is -1.52. The molecule has 0 bridgehead atoms. The van der Waals surface area contributed by atoms with Crippen molar-refractivity contribution in [2.75, 3.05) is 11.5 Å². The zero-order valence-electron chi connectivity index (χ0n) is 10.1. The van der Waals surface area contributed by atoms with Crippen molar-refractivity contribution in [3.05, 3.63) is 34.0 Å². The van der Waals surface area contributed by atoms with E-state index in [1.807, 2.05) is 18.2 Å². The molecule has 1 aromatic heterocycles. The normalized spacial score (nSPS) is 14.9. The van der Waals surface area contributed by atoms with Gasteiger partial charge in [-0.05, 0) is 47.9 Å². The Balaban J connectivity index is 2.19. The zero-order chi connectivity index (χ0) is 12.7. The first-order chi connectivity index (χ1) is 8.70. The summed E-state index contributed by atoms with van der Waals surface area (Å²) in [5.41, 5.74) is 23.0. The number of hydrogen-bond donors (Lipinski definition) is 3. The molecule has 3 rings (SSSR count). The van der Waals surface area contributed by atoms with Crippen LogP contribution in [-0.4, -0.2) is 0 Å². The van der Waals surface area contributed by atoms with Crippen molar-refractivity contribution in [2.24, 2.45) is 5.73 Å². The zero-order valence-corrected chi connectivity index (χ0v) is 11.0. The second kappa shape index (κ2) is 4.30. The first-order valence-electron chi connectivity index (χ1n) is 6.16. The van der Waals surface area contributed by atoms with Crippen molar-refractivity contribution in [2.45, 2.75) is 25.3 Å². The van der Waals surface area contributed by atoms with Crippen LogP contribution in [0.25, 0.3) is 11.1 Å². The fourth-order valence-corrected chi connectivity index (χ4v) is 3.38. The van der Waals surface area contributed by atoms with Crippen molar-refractivity contribution in [3.63, 3.8) is 0 Å². The van der Waals surface area contributed by atoms with Gasteiger partial charge in [-0.1, -0.05) is 0 Å². The number of nitrogen functional groups attached to an aromatic ring is 2. The fourth-order valence-electron chi connectivity index (χ4n) is 2.35. The summed E-state index contributed by atoms with van der Waals surface area (Å²) in [7, 11) is 0. The molecule has 1 aromatic carbocycles. The summed E-state index contributed by atoms with van der Waals surface area (Å²) in [6.07, 6.45) is 2.55. The fraction of sp³-hybridized carbons (Fsp3) is 0.286. The van der Waals surface area contributed by atoms with Crippen LogP contribution in [0, 0.1) is 0 Å². The molecule has 1 heterocycles. The van der Waals surface area contributed by atoms with E-state index in [4.69, 9.17) is 17.2 Å². The molecule has 4 heteroatoms. The van der Waals surface area contributed by atoms with E-state index >= 15 is 0 Å². The van der Waals surface area contributed by atoms with E-state index in [2.05, 4.69) is 5.38 Å². The number of nitrogens with two attached hydrogens (primary N) is 3. The molecular formula is C14H17N3S. The second-order valence-electron chi connectivity index (χ2n) is 4.81. The van der Waals surface area contributed by atoms with E-state index in [0.29, 0.717) is 12.5 Å². The molecule has 3 nitrogen and oxygen atoms in total. The summed E-state index contributed by atoms with van der Waals surface area (Å²) in [5, 5.41) is 2.23. The molecule has 0 aliphatic heterocycles. The van der Waals surface area contributed by atoms with Gasteiger partial charge in [0, 0.05) is 33.9 Å². The van der Waals surface area contributed by atoms with Crippen molar-refractivity contribution in [1.82, 2.24) is 0 Å². The largest absolute Gasteiger partial charge is 0.399 e. The molecular weight excluding hydrogens is 242 g/mol. The maximum Gasteiger partial charge on any atom is 0.0395 e. The van der Waals surface area contributed by atoms with E-state index in [1.165, 1.54) is 28.8 Å². The molecule has 0 spiro atoms. The lowest BCUT2D eigenvalue weighted by Gasteiger charge is -2.10. The Bertz CT molecular complexity index is 585. The molecule has 0 amide bonds. The molecule has 0 atom stereocenters. The van der Waals surface area contributed by atoms with E-state index in [1.54, 1.807) is 11.3 Å². The first-order valence-corrected chi connectivity index (χ1v) is 7.04. The lowest BCUT2D eigenvalue weighted by atomic mass is 9.97. The van der Waals surface area contributed by atoms with Crippen LogP contribution in [0.5, 0.6) is 0 Å². The Morgan fingerprint density at radius 1 is 1.22 bits per heavy atom. The summed E-state index contributed by atoms with van der Waals surface area (Å²) in [6.45, 7) is 0.557. The third kappa shape index (κ3) is 1.87. The smallest absolute Gasteiger partial charge is 0.0395 e. The minimum absolute atomic E-state index is 0.557. The Morgan fingerprint density at radius 3 is 2.67 bits per heavy atom. The molecule has 0 unspecified atom stereocenters. The highest BCUT2D eigenvalue weighted by Crippen LogP contribution is 2.48. The highest BCUT2D eigenvalue weighted by Gasteiger charge is 2.29. The van der Waals surface area contributed by atoms with Gasteiger partial charge in [0.2, 0.25) is 0 Å². The van der Waals surface area contributed by atoms with Gasteiger partial charge >= 0.3 is 0 Å². The molecule has 1 aliphatic carbocycles. The first kappa shape index (κ1) is 11.6. The van der Waals surface area contributed by atoms with Crippen LogP contribution in [0.3, 0.4) is 0 Å². The van der Waals surface area contributed by atoms with Crippen LogP contribution in [0.4, 0.5) is 11.4 Å². The third-order valence-electron chi connectivity index (χ3n) is 3.44. The summed E-state index contributed by atoms with van der Waals surface area (Å²) in [4.78, 5) is 1.20. The monoisotopic (exact) mass is 259 g/mol. The predicted molar refractivity (Wildman–Crippen MR) is 78.4 cm³/mol. The number of rotatable bonds is 3. The average Bonchev–Trinajstić information content (AvgIpc) is 3.12. The summed E-state index contributed by atoms with van der Waals surface area (Å²) < 4.78 is 0. The van der Waals surface area contributed by atoms with Gasteiger partial charge < -0.3 is 17.2 Å². The van der Waals surface area contributed by atoms with E-state index in [-0.39, 0.29) is 0 Å². The summed E-state index contributed by atoms with van der Waals surface area (Å²) in [6, 6.07) is 5.67. The van der Waals surface area contributed by atoms with Gasteiger partial charge in [0.05, 0.1) is 0 Å². The number of anilines is 2. The average molecular weight is 259 g/mol. The van der Waals surface area contributed by atoms with Gasteiger partial charge in [0.1, 0.15) is 0 Å². The van der Waals surface area contributed by atoms with E-state index < -0.39 is 0 Å². The number of benzene rings is 1. The van der Waals surface area contributed by atoms with Gasteiger partial charge in [-0.3, -0.25) is 0 Å².